The highest BCUT2D eigenvalue weighted by Gasteiger charge is 2.37. The second-order valence-electron chi connectivity index (χ2n) is 3.14. The molecule has 0 aromatic heterocycles. The first-order valence-electron chi connectivity index (χ1n) is 4.41. The number of amidine groups is 1. The van der Waals surface area contributed by atoms with Gasteiger partial charge in [-0.05, 0) is 0 Å². The van der Waals surface area contributed by atoms with E-state index in [4.69, 9.17) is 18.7 Å². The van der Waals surface area contributed by atoms with Gasteiger partial charge in [0.05, 0.1) is 5.84 Å². The van der Waals surface area contributed by atoms with Crippen molar-refractivity contribution in [1.82, 2.24) is 4.90 Å². The molecule has 0 fully saturated rings. The molecule has 0 heterocycles. The van der Waals surface area contributed by atoms with E-state index in [1.165, 1.54) is 0 Å². The van der Waals surface area contributed by atoms with E-state index in [-0.39, 0.29) is 0 Å². The van der Waals surface area contributed by atoms with Crippen LogP contribution in [0, 0.1) is 5.41 Å². The summed E-state index contributed by atoms with van der Waals surface area (Å²) in [5.74, 6) is 0.549. The zero-order chi connectivity index (χ0) is 11.2. The van der Waals surface area contributed by atoms with Gasteiger partial charge in [-0.3, -0.25) is 5.41 Å². The highest BCUT2D eigenvalue weighted by Crippen LogP contribution is 2.15. The fraction of sp³-hybridized carbons (Fsp3) is 0.875. The molecule has 0 aliphatic heterocycles. The number of hydrogen-bond donors (Lipinski definition) is 1. The lowest BCUT2D eigenvalue weighted by molar-refractivity contribution is 0.124. The summed E-state index contributed by atoms with van der Waals surface area (Å²) in [6.45, 7) is 0. The Morgan fingerprint density at radius 2 is 1.57 bits per heavy atom. The largest absolute Gasteiger partial charge is 0.500 e. The molecule has 0 rings (SSSR count). The Kier molecular flexibility index (Phi) is 5.94. The molecule has 0 amide bonds. The van der Waals surface area contributed by atoms with Crippen LogP contribution in [0.25, 0.3) is 0 Å². The van der Waals surface area contributed by atoms with Crippen LogP contribution in [0.3, 0.4) is 0 Å². The van der Waals surface area contributed by atoms with Gasteiger partial charge in [-0.15, -0.1) is 0 Å². The maximum atomic E-state index is 7.63. The van der Waals surface area contributed by atoms with E-state index in [9.17, 15) is 0 Å². The number of nitrogens with zero attached hydrogens (tertiary/aromatic N) is 1. The molecular weight excluding hydrogens is 200 g/mol. The van der Waals surface area contributed by atoms with Crippen molar-refractivity contribution in [2.75, 3.05) is 35.4 Å². The predicted molar refractivity (Wildman–Crippen MR) is 57.6 cm³/mol. The van der Waals surface area contributed by atoms with Gasteiger partial charge in [0.15, 0.2) is 0 Å². The van der Waals surface area contributed by atoms with Crippen LogP contribution < -0.4 is 0 Å². The Morgan fingerprint density at radius 3 is 1.86 bits per heavy atom. The fourth-order valence-electron chi connectivity index (χ4n) is 1.05. The van der Waals surface area contributed by atoms with Gasteiger partial charge in [-0.2, -0.15) is 0 Å². The molecule has 84 valence electrons. The lowest BCUT2D eigenvalue weighted by atomic mass is 10.4. The fourth-order valence-corrected chi connectivity index (χ4v) is 2.71. The van der Waals surface area contributed by atoms with Gasteiger partial charge in [0, 0.05) is 47.9 Å². The van der Waals surface area contributed by atoms with E-state index >= 15 is 0 Å². The van der Waals surface area contributed by atoms with Crippen molar-refractivity contribution < 1.29 is 13.3 Å². The molecule has 0 aromatic carbocycles. The second-order valence-corrected chi connectivity index (χ2v) is 6.23. The standard InChI is InChI=1S/C8H20N2O3Si/c1-10(2)8(9)6-7-14(11-3,12-4)13-5/h9H,6-7H2,1-5H3. The summed E-state index contributed by atoms with van der Waals surface area (Å²) in [4.78, 5) is 1.76. The molecule has 0 spiro atoms. The normalized spacial score (nSPS) is 11.5. The quantitative estimate of drug-likeness (QED) is 0.408. The zero-order valence-electron chi connectivity index (χ0n) is 9.59. The van der Waals surface area contributed by atoms with Crippen LogP contribution in [0.5, 0.6) is 0 Å². The van der Waals surface area contributed by atoms with Crippen LogP contribution in [-0.2, 0) is 13.3 Å². The van der Waals surface area contributed by atoms with Crippen molar-refractivity contribution in [1.29, 1.82) is 5.41 Å². The molecule has 1 N–H and O–H groups in total. The minimum absolute atomic E-state index is 0.549. The number of rotatable bonds is 6. The lowest BCUT2D eigenvalue weighted by Gasteiger charge is -2.25. The summed E-state index contributed by atoms with van der Waals surface area (Å²) in [6, 6.07) is 0.632. The maximum Gasteiger partial charge on any atom is 0.500 e. The van der Waals surface area contributed by atoms with Gasteiger partial charge >= 0.3 is 8.80 Å². The van der Waals surface area contributed by atoms with Gasteiger partial charge in [0.1, 0.15) is 0 Å². The van der Waals surface area contributed by atoms with Crippen molar-refractivity contribution in [3.8, 4) is 0 Å². The molecule has 0 aromatic rings. The Labute approximate surface area is 86.8 Å². The summed E-state index contributed by atoms with van der Waals surface area (Å²) in [5, 5.41) is 7.63. The Balaban J connectivity index is 4.12. The molecule has 0 aliphatic rings. The topological polar surface area (TPSA) is 54.8 Å². The molecule has 0 aliphatic carbocycles. The van der Waals surface area contributed by atoms with Crippen LogP contribution in [0.2, 0.25) is 6.04 Å². The summed E-state index contributed by atoms with van der Waals surface area (Å²) >= 11 is 0. The van der Waals surface area contributed by atoms with Crippen molar-refractivity contribution in [2.45, 2.75) is 12.5 Å². The molecule has 0 atom stereocenters. The van der Waals surface area contributed by atoms with Gasteiger partial charge in [0.2, 0.25) is 0 Å². The third kappa shape index (κ3) is 3.75. The van der Waals surface area contributed by atoms with E-state index in [1.54, 1.807) is 26.2 Å². The minimum atomic E-state index is -2.49. The molecular formula is C8H20N2O3Si. The SMILES string of the molecule is CO[Si](CCC(=N)N(C)C)(OC)OC. The van der Waals surface area contributed by atoms with Crippen molar-refractivity contribution in [2.24, 2.45) is 0 Å². The lowest BCUT2D eigenvalue weighted by Crippen LogP contribution is -2.43. The van der Waals surface area contributed by atoms with Crippen molar-refractivity contribution in [3.05, 3.63) is 0 Å². The summed E-state index contributed by atoms with van der Waals surface area (Å²) < 4.78 is 15.7. The van der Waals surface area contributed by atoms with Crippen LogP contribution in [0.15, 0.2) is 0 Å². The van der Waals surface area contributed by atoms with Crippen LogP contribution in [0.4, 0.5) is 0 Å². The second kappa shape index (κ2) is 6.13. The van der Waals surface area contributed by atoms with E-state index in [2.05, 4.69) is 0 Å². The van der Waals surface area contributed by atoms with E-state index in [1.807, 2.05) is 14.1 Å². The highest BCUT2D eigenvalue weighted by atomic mass is 28.4. The van der Waals surface area contributed by atoms with Crippen LogP contribution >= 0.6 is 0 Å². The summed E-state index contributed by atoms with van der Waals surface area (Å²) in [5.41, 5.74) is 0. The van der Waals surface area contributed by atoms with E-state index in [0.29, 0.717) is 18.3 Å². The van der Waals surface area contributed by atoms with Crippen molar-refractivity contribution >= 4 is 14.6 Å². The van der Waals surface area contributed by atoms with Crippen LogP contribution in [-0.4, -0.2) is 55.0 Å². The molecule has 0 radical (unpaired) electrons. The van der Waals surface area contributed by atoms with Gasteiger partial charge in [-0.1, -0.05) is 0 Å². The average molecular weight is 220 g/mol. The molecule has 0 saturated heterocycles. The highest BCUT2D eigenvalue weighted by molar-refractivity contribution is 6.60. The Morgan fingerprint density at radius 1 is 1.14 bits per heavy atom. The molecule has 0 unspecified atom stereocenters. The first kappa shape index (κ1) is 13.6. The van der Waals surface area contributed by atoms with E-state index < -0.39 is 8.80 Å². The van der Waals surface area contributed by atoms with Gasteiger partial charge in [-0.25, -0.2) is 0 Å². The molecule has 14 heavy (non-hydrogen) atoms. The molecule has 0 saturated carbocycles. The maximum absolute atomic E-state index is 7.63. The van der Waals surface area contributed by atoms with Gasteiger partial charge in [0.25, 0.3) is 0 Å². The van der Waals surface area contributed by atoms with E-state index in [0.717, 1.165) is 0 Å². The average Bonchev–Trinajstić information content (AvgIpc) is 2.20. The smallest absolute Gasteiger partial charge is 0.377 e. The number of hydrogen-bond acceptors (Lipinski definition) is 4. The summed E-state index contributed by atoms with van der Waals surface area (Å²) in [6.07, 6.45) is 0.606. The zero-order valence-corrected chi connectivity index (χ0v) is 10.6. The third-order valence-electron chi connectivity index (χ3n) is 2.14. The minimum Gasteiger partial charge on any atom is -0.377 e. The molecule has 5 nitrogen and oxygen atoms in total. The molecule has 0 bridgehead atoms. The van der Waals surface area contributed by atoms with Crippen LogP contribution in [0.1, 0.15) is 6.42 Å². The third-order valence-corrected chi connectivity index (χ3v) is 4.87. The Hall–Kier alpha value is -0.433. The Bertz CT molecular complexity index is 175. The predicted octanol–water partition coefficient (Wildman–Crippen LogP) is 0.793. The molecule has 6 heteroatoms. The monoisotopic (exact) mass is 220 g/mol. The van der Waals surface area contributed by atoms with Gasteiger partial charge < -0.3 is 18.2 Å². The summed E-state index contributed by atoms with van der Waals surface area (Å²) in [7, 11) is 5.94. The first-order valence-corrected chi connectivity index (χ1v) is 6.34. The van der Waals surface area contributed by atoms with Crippen molar-refractivity contribution in [3.63, 3.8) is 0 Å². The number of nitrogens with one attached hydrogen (secondary N) is 1. The first-order chi connectivity index (χ1) is 6.51.